The molecule has 6 nitrogen and oxygen atoms in total. The Hall–Kier alpha value is -3.19. The van der Waals surface area contributed by atoms with E-state index in [1.807, 2.05) is 18.7 Å². The van der Waals surface area contributed by atoms with Crippen molar-refractivity contribution in [1.82, 2.24) is 9.80 Å². The molecule has 2 heterocycles. The Morgan fingerprint density at radius 2 is 1.82 bits per heavy atom. The number of piperidine rings is 1. The molecule has 0 aromatic heterocycles. The standard InChI is InChI=1S/C26H29FN2O4/c1-17(2)33-21-11-9-19(10-12-21)23-24(28-13-5-6-18(14-28)16-30)26(32)29(25(23)31)15-20-7-3-4-8-22(20)27/h3-4,7-12,17-18,30H,5-6,13-16H2,1-2H3. The number of rotatable bonds is 7. The highest BCUT2D eigenvalue weighted by Gasteiger charge is 2.42. The van der Waals surface area contributed by atoms with Gasteiger partial charge in [-0.25, -0.2) is 4.39 Å². The van der Waals surface area contributed by atoms with Crippen molar-refractivity contribution in [2.75, 3.05) is 19.7 Å². The third kappa shape index (κ3) is 4.78. The number of likely N-dealkylation sites (tertiary alicyclic amines) is 1. The second-order valence-corrected chi connectivity index (χ2v) is 8.84. The maximum absolute atomic E-state index is 14.3. The maximum atomic E-state index is 14.3. The molecule has 0 bridgehead atoms. The highest BCUT2D eigenvalue weighted by atomic mass is 19.1. The van der Waals surface area contributed by atoms with E-state index >= 15 is 0 Å². The summed E-state index contributed by atoms with van der Waals surface area (Å²) in [6.45, 7) is 4.88. The van der Waals surface area contributed by atoms with E-state index in [4.69, 9.17) is 4.74 Å². The molecule has 1 unspecified atom stereocenters. The van der Waals surface area contributed by atoms with Gasteiger partial charge in [-0.1, -0.05) is 30.3 Å². The monoisotopic (exact) mass is 452 g/mol. The van der Waals surface area contributed by atoms with Gasteiger partial charge in [0, 0.05) is 25.3 Å². The Labute approximate surface area is 193 Å². The number of aliphatic hydroxyl groups excluding tert-OH is 1. The van der Waals surface area contributed by atoms with Crippen molar-refractivity contribution in [3.63, 3.8) is 0 Å². The third-order valence-corrected chi connectivity index (χ3v) is 6.04. The summed E-state index contributed by atoms with van der Waals surface area (Å²) in [5.74, 6) is -0.616. The van der Waals surface area contributed by atoms with Crippen LogP contribution in [0.15, 0.2) is 54.2 Å². The number of ether oxygens (including phenoxy) is 1. The van der Waals surface area contributed by atoms with Gasteiger partial charge in [-0.05, 0) is 56.4 Å². The van der Waals surface area contributed by atoms with Crippen LogP contribution in [0.25, 0.3) is 5.57 Å². The van der Waals surface area contributed by atoms with Gasteiger partial charge >= 0.3 is 0 Å². The number of benzene rings is 2. The van der Waals surface area contributed by atoms with E-state index in [0.717, 1.165) is 17.7 Å². The smallest absolute Gasteiger partial charge is 0.278 e. The zero-order valence-corrected chi connectivity index (χ0v) is 19.0. The first-order chi connectivity index (χ1) is 15.9. The van der Waals surface area contributed by atoms with E-state index in [2.05, 4.69) is 0 Å². The summed E-state index contributed by atoms with van der Waals surface area (Å²) in [7, 11) is 0. The summed E-state index contributed by atoms with van der Waals surface area (Å²) in [4.78, 5) is 30.1. The van der Waals surface area contributed by atoms with Gasteiger partial charge in [-0.2, -0.15) is 0 Å². The van der Waals surface area contributed by atoms with Crippen molar-refractivity contribution in [2.45, 2.75) is 39.3 Å². The van der Waals surface area contributed by atoms with Gasteiger partial charge in [0.1, 0.15) is 17.3 Å². The molecule has 2 aromatic rings. The summed E-state index contributed by atoms with van der Waals surface area (Å²) in [6, 6.07) is 13.3. The summed E-state index contributed by atoms with van der Waals surface area (Å²) in [5, 5.41) is 9.67. The van der Waals surface area contributed by atoms with Gasteiger partial charge in [-0.15, -0.1) is 0 Å². The maximum Gasteiger partial charge on any atom is 0.278 e. The Kier molecular flexibility index (Phi) is 6.79. The molecule has 2 aliphatic heterocycles. The first-order valence-electron chi connectivity index (χ1n) is 11.4. The number of aliphatic hydroxyl groups is 1. The van der Waals surface area contributed by atoms with Gasteiger partial charge in [0.05, 0.1) is 18.2 Å². The van der Waals surface area contributed by atoms with Gasteiger partial charge in [0.25, 0.3) is 11.8 Å². The fourth-order valence-corrected chi connectivity index (χ4v) is 4.45. The van der Waals surface area contributed by atoms with E-state index in [0.29, 0.717) is 35.7 Å². The molecule has 174 valence electrons. The lowest BCUT2D eigenvalue weighted by Gasteiger charge is -2.34. The van der Waals surface area contributed by atoms with Gasteiger partial charge in [0.15, 0.2) is 0 Å². The van der Waals surface area contributed by atoms with E-state index in [-0.39, 0.29) is 30.7 Å². The van der Waals surface area contributed by atoms with Crippen LogP contribution in [0, 0.1) is 11.7 Å². The summed E-state index contributed by atoms with van der Waals surface area (Å²) >= 11 is 0. The van der Waals surface area contributed by atoms with Crippen LogP contribution in [-0.2, 0) is 16.1 Å². The fourth-order valence-electron chi connectivity index (χ4n) is 4.45. The molecule has 1 N–H and O–H groups in total. The molecular formula is C26H29FN2O4. The van der Waals surface area contributed by atoms with E-state index in [1.54, 1.807) is 42.5 Å². The minimum Gasteiger partial charge on any atom is -0.491 e. The van der Waals surface area contributed by atoms with Crippen molar-refractivity contribution in [3.05, 3.63) is 71.2 Å². The molecule has 0 radical (unpaired) electrons. The number of amides is 2. The Morgan fingerprint density at radius 3 is 2.48 bits per heavy atom. The predicted molar refractivity (Wildman–Crippen MR) is 122 cm³/mol. The molecule has 0 aliphatic carbocycles. The van der Waals surface area contributed by atoms with Crippen LogP contribution >= 0.6 is 0 Å². The quantitative estimate of drug-likeness (QED) is 0.650. The predicted octanol–water partition coefficient (Wildman–Crippen LogP) is 3.60. The Morgan fingerprint density at radius 1 is 1.09 bits per heavy atom. The van der Waals surface area contributed by atoms with Gasteiger partial charge in [0.2, 0.25) is 0 Å². The zero-order chi connectivity index (χ0) is 23.5. The summed E-state index contributed by atoms with van der Waals surface area (Å²) < 4.78 is 20.0. The van der Waals surface area contributed by atoms with Crippen molar-refractivity contribution >= 4 is 17.4 Å². The molecular weight excluding hydrogens is 423 g/mol. The molecule has 2 amide bonds. The molecule has 2 aromatic carbocycles. The molecule has 33 heavy (non-hydrogen) atoms. The van der Waals surface area contributed by atoms with Crippen LogP contribution in [0.2, 0.25) is 0 Å². The van der Waals surface area contributed by atoms with Crippen LogP contribution in [0.1, 0.15) is 37.8 Å². The van der Waals surface area contributed by atoms with Crippen molar-refractivity contribution in [2.24, 2.45) is 5.92 Å². The fraction of sp³-hybridized carbons (Fsp3) is 0.385. The van der Waals surface area contributed by atoms with E-state index in [1.165, 1.54) is 6.07 Å². The zero-order valence-electron chi connectivity index (χ0n) is 19.0. The molecule has 1 fully saturated rings. The highest BCUT2D eigenvalue weighted by molar-refractivity contribution is 6.35. The molecule has 7 heteroatoms. The number of hydrogen-bond donors (Lipinski definition) is 1. The summed E-state index contributed by atoms with van der Waals surface area (Å²) in [5.41, 5.74) is 1.53. The molecule has 1 saturated heterocycles. The minimum absolute atomic E-state index is 0.0142. The van der Waals surface area contributed by atoms with Gasteiger partial charge < -0.3 is 14.7 Å². The van der Waals surface area contributed by atoms with Crippen molar-refractivity contribution < 1.29 is 23.8 Å². The highest BCUT2D eigenvalue weighted by Crippen LogP contribution is 2.35. The molecule has 0 saturated carbocycles. The van der Waals surface area contributed by atoms with Crippen molar-refractivity contribution in [1.29, 1.82) is 0 Å². The van der Waals surface area contributed by atoms with Crippen LogP contribution in [0.4, 0.5) is 4.39 Å². The third-order valence-electron chi connectivity index (χ3n) is 6.04. The number of carbonyl (C=O) groups excluding carboxylic acids is 2. The number of carbonyl (C=O) groups is 2. The van der Waals surface area contributed by atoms with Crippen LogP contribution < -0.4 is 4.74 Å². The Balaban J connectivity index is 1.72. The number of halogens is 1. The number of imide groups is 1. The lowest BCUT2D eigenvalue weighted by Crippen LogP contribution is -2.40. The molecule has 2 aliphatic rings. The summed E-state index contributed by atoms with van der Waals surface area (Å²) in [6.07, 6.45) is 1.70. The van der Waals surface area contributed by atoms with E-state index < -0.39 is 17.6 Å². The van der Waals surface area contributed by atoms with Crippen LogP contribution in [0.3, 0.4) is 0 Å². The lowest BCUT2D eigenvalue weighted by molar-refractivity contribution is -0.138. The first kappa shape index (κ1) is 23.0. The minimum atomic E-state index is -0.457. The number of nitrogens with zero attached hydrogens (tertiary/aromatic N) is 2. The van der Waals surface area contributed by atoms with Crippen LogP contribution in [-0.4, -0.2) is 52.5 Å². The SMILES string of the molecule is CC(C)Oc1ccc(C2=C(N3CCCC(CO)C3)C(=O)N(Cc3ccccc3F)C2=O)cc1. The lowest BCUT2D eigenvalue weighted by atomic mass is 9.97. The molecule has 1 atom stereocenters. The average molecular weight is 453 g/mol. The average Bonchev–Trinajstić information content (AvgIpc) is 3.05. The second-order valence-electron chi connectivity index (χ2n) is 8.84. The van der Waals surface area contributed by atoms with E-state index in [9.17, 15) is 19.1 Å². The Bertz CT molecular complexity index is 1060. The van der Waals surface area contributed by atoms with Gasteiger partial charge in [-0.3, -0.25) is 14.5 Å². The van der Waals surface area contributed by atoms with Crippen molar-refractivity contribution in [3.8, 4) is 5.75 Å². The largest absolute Gasteiger partial charge is 0.491 e. The second kappa shape index (κ2) is 9.75. The first-order valence-corrected chi connectivity index (χ1v) is 11.4. The number of hydrogen-bond acceptors (Lipinski definition) is 5. The molecule has 0 spiro atoms. The van der Waals surface area contributed by atoms with Crippen LogP contribution in [0.5, 0.6) is 5.75 Å². The topological polar surface area (TPSA) is 70.1 Å². The normalized spacial score (nSPS) is 19.1. The molecule has 4 rings (SSSR count).